The Labute approximate surface area is 333 Å². The number of rotatable bonds is 40. The Bertz CT molecular complexity index is 1080. The number of carboxylic acids is 1. The SMILES string of the molecule is CCCCC/C=C\C/C=C\CCCCCCCCCC(=O)OC[C@H](COP(=O)(O)OC[C@H](N)C(=O)O)OC(=O)CCCCCCC/C=C\CCCCCCC. The van der Waals surface area contributed by atoms with Gasteiger partial charge in [0.1, 0.15) is 12.6 Å². The summed E-state index contributed by atoms with van der Waals surface area (Å²) in [5, 5.41) is 8.88. The van der Waals surface area contributed by atoms with Gasteiger partial charge < -0.3 is 25.2 Å². The van der Waals surface area contributed by atoms with E-state index in [0.29, 0.717) is 12.8 Å². The van der Waals surface area contributed by atoms with Crippen molar-refractivity contribution >= 4 is 25.7 Å². The number of hydrogen-bond acceptors (Lipinski definition) is 9. The first-order chi connectivity index (χ1) is 26.6. The van der Waals surface area contributed by atoms with Crippen LogP contribution in [-0.4, -0.2) is 59.9 Å². The molecule has 0 fully saturated rings. The fourth-order valence-corrected chi connectivity index (χ4v) is 6.46. The first-order valence-electron chi connectivity index (χ1n) is 21.5. The van der Waals surface area contributed by atoms with Crippen molar-refractivity contribution < 1.29 is 47.5 Å². The van der Waals surface area contributed by atoms with Crippen LogP contribution in [0.5, 0.6) is 0 Å². The van der Waals surface area contributed by atoms with E-state index in [2.05, 4.69) is 54.8 Å². The molecule has 1 unspecified atom stereocenters. The summed E-state index contributed by atoms with van der Waals surface area (Å²) >= 11 is 0. The number of aliphatic carboxylic acids is 1. The van der Waals surface area contributed by atoms with Crippen LogP contribution in [-0.2, 0) is 37.5 Å². The second-order valence-corrected chi connectivity index (χ2v) is 15.9. The van der Waals surface area contributed by atoms with Crippen LogP contribution in [0.25, 0.3) is 0 Å². The van der Waals surface area contributed by atoms with E-state index in [9.17, 15) is 23.8 Å². The number of phosphoric acid groups is 1. The average molecular weight is 800 g/mol. The highest BCUT2D eigenvalue weighted by atomic mass is 31.2. The van der Waals surface area contributed by atoms with Crippen LogP contribution < -0.4 is 5.73 Å². The Morgan fingerprint density at radius 1 is 0.564 bits per heavy atom. The molecule has 0 aromatic carbocycles. The number of carboxylic acid groups (broad SMARTS) is 1. The standard InChI is InChI=1S/C43H78NO10P/c1-3-5-7-9-11-13-15-17-19-20-21-23-24-26-28-30-32-34-41(45)51-36-39(37-52-55(49,50)53-38-40(44)43(47)48)54-42(46)35-33-31-29-27-25-22-18-16-14-12-10-8-6-4-2/h11,13,16-19,39-40H,3-10,12,14-15,20-38,44H2,1-2H3,(H,47,48)(H,49,50)/b13-11-,18-16-,19-17-/t39-,40+/m1/s1. The van der Waals surface area contributed by atoms with Gasteiger partial charge in [-0.1, -0.05) is 140 Å². The first-order valence-corrected chi connectivity index (χ1v) is 23.0. The predicted molar refractivity (Wildman–Crippen MR) is 222 cm³/mol. The van der Waals surface area contributed by atoms with Gasteiger partial charge in [-0.3, -0.25) is 23.4 Å². The van der Waals surface area contributed by atoms with E-state index in [1.54, 1.807) is 0 Å². The van der Waals surface area contributed by atoms with E-state index in [-0.39, 0.29) is 19.4 Å². The number of carbonyl (C=O) groups excluding carboxylic acids is 2. The minimum absolute atomic E-state index is 0.149. The smallest absolute Gasteiger partial charge is 0.472 e. The lowest BCUT2D eigenvalue weighted by molar-refractivity contribution is -0.161. The van der Waals surface area contributed by atoms with E-state index >= 15 is 0 Å². The molecule has 320 valence electrons. The van der Waals surface area contributed by atoms with Gasteiger partial charge in [0.15, 0.2) is 6.10 Å². The number of carbonyl (C=O) groups is 3. The van der Waals surface area contributed by atoms with E-state index in [4.69, 9.17) is 24.8 Å². The molecular weight excluding hydrogens is 721 g/mol. The molecule has 3 atom stereocenters. The zero-order chi connectivity index (χ0) is 40.7. The van der Waals surface area contributed by atoms with Crippen molar-refractivity contribution in [1.82, 2.24) is 0 Å². The summed E-state index contributed by atoms with van der Waals surface area (Å²) in [6.45, 7) is 2.75. The summed E-state index contributed by atoms with van der Waals surface area (Å²) in [5.41, 5.74) is 5.33. The third-order valence-electron chi connectivity index (χ3n) is 9.11. The second-order valence-electron chi connectivity index (χ2n) is 14.5. The molecule has 0 aromatic heterocycles. The molecule has 11 nitrogen and oxygen atoms in total. The van der Waals surface area contributed by atoms with E-state index in [1.165, 1.54) is 77.0 Å². The Morgan fingerprint density at radius 2 is 0.964 bits per heavy atom. The van der Waals surface area contributed by atoms with Gasteiger partial charge in [-0.2, -0.15) is 0 Å². The van der Waals surface area contributed by atoms with Crippen LogP contribution in [0.1, 0.15) is 187 Å². The Hall–Kier alpha value is -2.30. The number of hydrogen-bond donors (Lipinski definition) is 3. The number of unbranched alkanes of at least 4 members (excludes halogenated alkanes) is 20. The van der Waals surface area contributed by atoms with Gasteiger partial charge in [0, 0.05) is 12.8 Å². The van der Waals surface area contributed by atoms with Gasteiger partial charge >= 0.3 is 25.7 Å². The van der Waals surface area contributed by atoms with Gasteiger partial charge in [-0.05, 0) is 70.6 Å². The lowest BCUT2D eigenvalue weighted by atomic mass is 10.1. The summed E-state index contributed by atoms with van der Waals surface area (Å²) in [4.78, 5) is 45.9. The van der Waals surface area contributed by atoms with Crippen molar-refractivity contribution in [3.63, 3.8) is 0 Å². The van der Waals surface area contributed by atoms with Crippen LogP contribution >= 0.6 is 7.82 Å². The van der Waals surface area contributed by atoms with Crippen LogP contribution in [0.2, 0.25) is 0 Å². The molecule has 0 aliphatic rings. The highest BCUT2D eigenvalue weighted by molar-refractivity contribution is 7.47. The molecule has 0 spiro atoms. The molecule has 0 radical (unpaired) electrons. The van der Waals surface area contributed by atoms with Crippen molar-refractivity contribution in [2.45, 2.75) is 199 Å². The minimum Gasteiger partial charge on any atom is -0.480 e. The topological polar surface area (TPSA) is 172 Å². The summed E-state index contributed by atoms with van der Waals surface area (Å²) in [7, 11) is -4.72. The highest BCUT2D eigenvalue weighted by Crippen LogP contribution is 2.43. The molecule has 0 saturated heterocycles. The van der Waals surface area contributed by atoms with E-state index in [1.807, 2.05) is 0 Å². The predicted octanol–water partition coefficient (Wildman–Crippen LogP) is 11.2. The van der Waals surface area contributed by atoms with Crippen LogP contribution in [0.15, 0.2) is 36.5 Å². The van der Waals surface area contributed by atoms with Crippen LogP contribution in [0, 0.1) is 0 Å². The molecule has 0 aliphatic carbocycles. The minimum atomic E-state index is -4.72. The maximum atomic E-state index is 12.6. The number of ether oxygens (including phenoxy) is 2. The highest BCUT2D eigenvalue weighted by Gasteiger charge is 2.28. The molecule has 0 amide bonds. The third-order valence-corrected chi connectivity index (χ3v) is 10.1. The fourth-order valence-electron chi connectivity index (χ4n) is 5.68. The van der Waals surface area contributed by atoms with Crippen molar-refractivity contribution in [2.75, 3.05) is 19.8 Å². The fraction of sp³-hybridized carbons (Fsp3) is 0.791. The Balaban J connectivity index is 4.38. The second kappa shape index (κ2) is 38.6. The monoisotopic (exact) mass is 800 g/mol. The largest absolute Gasteiger partial charge is 0.480 e. The maximum Gasteiger partial charge on any atom is 0.472 e. The molecule has 0 bridgehead atoms. The first kappa shape index (κ1) is 52.7. The lowest BCUT2D eigenvalue weighted by Crippen LogP contribution is -2.34. The molecule has 0 rings (SSSR count). The quantitative estimate of drug-likeness (QED) is 0.0233. The molecule has 0 heterocycles. The number of nitrogens with two attached hydrogens (primary N) is 1. The van der Waals surface area contributed by atoms with Crippen molar-refractivity contribution in [3.8, 4) is 0 Å². The number of allylic oxidation sites excluding steroid dienone is 6. The van der Waals surface area contributed by atoms with Crippen molar-refractivity contribution in [2.24, 2.45) is 5.73 Å². The molecule has 55 heavy (non-hydrogen) atoms. The average Bonchev–Trinajstić information content (AvgIpc) is 3.16. The van der Waals surface area contributed by atoms with E-state index < -0.39 is 51.1 Å². The van der Waals surface area contributed by atoms with Gasteiger partial charge in [-0.15, -0.1) is 0 Å². The van der Waals surface area contributed by atoms with Gasteiger partial charge in [-0.25, -0.2) is 4.57 Å². The summed E-state index contributed by atoms with van der Waals surface area (Å²) in [6, 6.07) is -1.52. The van der Waals surface area contributed by atoms with Crippen molar-refractivity contribution in [3.05, 3.63) is 36.5 Å². The summed E-state index contributed by atoms with van der Waals surface area (Å²) < 4.78 is 32.7. The zero-order valence-electron chi connectivity index (χ0n) is 34.5. The number of phosphoric ester groups is 1. The Morgan fingerprint density at radius 3 is 1.47 bits per heavy atom. The number of esters is 2. The third kappa shape index (κ3) is 38.4. The van der Waals surface area contributed by atoms with Gasteiger partial charge in [0.2, 0.25) is 0 Å². The van der Waals surface area contributed by atoms with Gasteiger partial charge in [0.05, 0.1) is 13.2 Å². The molecule has 12 heteroatoms. The summed E-state index contributed by atoms with van der Waals surface area (Å²) in [5.74, 6) is -2.40. The summed E-state index contributed by atoms with van der Waals surface area (Å²) in [6.07, 6.45) is 40.6. The van der Waals surface area contributed by atoms with Crippen LogP contribution in [0.4, 0.5) is 0 Å². The molecule has 0 saturated carbocycles. The van der Waals surface area contributed by atoms with Crippen molar-refractivity contribution in [1.29, 1.82) is 0 Å². The lowest BCUT2D eigenvalue weighted by Gasteiger charge is -2.20. The molecule has 0 aliphatic heterocycles. The normalized spacial score (nSPS) is 14.1. The van der Waals surface area contributed by atoms with Crippen LogP contribution in [0.3, 0.4) is 0 Å². The molecular formula is C43H78NO10P. The zero-order valence-corrected chi connectivity index (χ0v) is 35.4. The Kier molecular flexibility index (Phi) is 37.0. The molecule has 0 aromatic rings. The maximum absolute atomic E-state index is 12.6. The van der Waals surface area contributed by atoms with E-state index in [0.717, 1.165) is 70.6 Å². The molecule has 4 N–H and O–H groups in total. The van der Waals surface area contributed by atoms with Gasteiger partial charge in [0.25, 0.3) is 0 Å².